The molecule has 1 saturated heterocycles. The second kappa shape index (κ2) is 6.20. The molecule has 0 unspecified atom stereocenters. The summed E-state index contributed by atoms with van der Waals surface area (Å²) in [5.74, 6) is -1.10. The van der Waals surface area contributed by atoms with E-state index in [9.17, 15) is 9.59 Å². The molecule has 1 N–H and O–H groups in total. The summed E-state index contributed by atoms with van der Waals surface area (Å²) in [4.78, 5) is 26.4. The molecule has 22 heavy (non-hydrogen) atoms. The van der Waals surface area contributed by atoms with Crippen molar-refractivity contribution in [2.24, 2.45) is 5.92 Å². The first kappa shape index (κ1) is 14.6. The molecule has 1 aliphatic rings. The molecule has 1 fully saturated rings. The van der Waals surface area contributed by atoms with Crippen molar-refractivity contribution in [3.8, 4) is 0 Å². The average Bonchev–Trinajstić information content (AvgIpc) is 2.90. The van der Waals surface area contributed by atoms with Crippen LogP contribution in [0, 0.1) is 5.92 Å². The Bertz CT molecular complexity index is 703. The van der Waals surface area contributed by atoms with Crippen molar-refractivity contribution in [3.63, 3.8) is 0 Å². The summed E-state index contributed by atoms with van der Waals surface area (Å²) in [5, 5.41) is 3.30. The second-order valence-corrected chi connectivity index (χ2v) is 5.60. The summed E-state index contributed by atoms with van der Waals surface area (Å²) < 4.78 is 0. The molecule has 1 aliphatic heterocycles. The maximum atomic E-state index is 12.4. The quantitative estimate of drug-likeness (QED) is 0.883. The van der Waals surface area contributed by atoms with Gasteiger partial charge in [-0.15, -0.1) is 0 Å². The number of nitrogens with zero attached hydrogens (tertiary/aromatic N) is 1. The van der Waals surface area contributed by atoms with Gasteiger partial charge in [0, 0.05) is 22.9 Å². The Morgan fingerprint density at radius 2 is 1.91 bits per heavy atom. The van der Waals surface area contributed by atoms with Gasteiger partial charge in [-0.2, -0.15) is 0 Å². The Kier molecular flexibility index (Phi) is 4.11. The first-order valence-corrected chi connectivity index (χ1v) is 7.46. The van der Waals surface area contributed by atoms with Crippen LogP contribution in [0.4, 0.5) is 11.4 Å². The fourth-order valence-electron chi connectivity index (χ4n) is 2.58. The molecule has 0 radical (unpaired) electrons. The van der Waals surface area contributed by atoms with Crippen LogP contribution in [0.1, 0.15) is 6.42 Å². The molecule has 0 aromatic heterocycles. The van der Waals surface area contributed by atoms with Gasteiger partial charge < -0.3 is 10.2 Å². The van der Waals surface area contributed by atoms with Crippen LogP contribution < -0.4 is 10.2 Å². The molecule has 112 valence electrons. The normalized spacial score (nSPS) is 17.6. The van der Waals surface area contributed by atoms with Gasteiger partial charge >= 0.3 is 0 Å². The molecule has 1 heterocycles. The SMILES string of the molecule is O=C(Nc1cccc(Cl)c1)[C@H]1CCN(c2ccccc2)C1=O. The zero-order chi connectivity index (χ0) is 15.5. The summed E-state index contributed by atoms with van der Waals surface area (Å²) >= 11 is 5.89. The van der Waals surface area contributed by atoms with Crippen molar-refractivity contribution in [1.82, 2.24) is 0 Å². The predicted molar refractivity (Wildman–Crippen MR) is 87.0 cm³/mol. The lowest BCUT2D eigenvalue weighted by Crippen LogP contribution is -2.33. The molecular formula is C17H15ClN2O2. The Morgan fingerprint density at radius 3 is 2.64 bits per heavy atom. The lowest BCUT2D eigenvalue weighted by molar-refractivity contribution is -0.129. The minimum Gasteiger partial charge on any atom is -0.325 e. The van der Waals surface area contributed by atoms with Crippen LogP contribution in [-0.2, 0) is 9.59 Å². The number of carbonyl (C=O) groups excluding carboxylic acids is 2. The fourth-order valence-corrected chi connectivity index (χ4v) is 2.77. The van der Waals surface area contributed by atoms with Crippen molar-refractivity contribution in [2.75, 3.05) is 16.8 Å². The maximum absolute atomic E-state index is 12.4. The van der Waals surface area contributed by atoms with Crippen LogP contribution in [0.25, 0.3) is 0 Å². The summed E-state index contributed by atoms with van der Waals surface area (Å²) in [6.07, 6.45) is 0.514. The molecular weight excluding hydrogens is 300 g/mol. The molecule has 0 saturated carbocycles. The van der Waals surface area contributed by atoms with Crippen LogP contribution in [0.5, 0.6) is 0 Å². The van der Waals surface area contributed by atoms with Crippen LogP contribution in [-0.4, -0.2) is 18.4 Å². The van der Waals surface area contributed by atoms with Crippen molar-refractivity contribution >= 4 is 34.8 Å². The first-order chi connectivity index (χ1) is 10.6. The van der Waals surface area contributed by atoms with E-state index in [1.165, 1.54) is 0 Å². The zero-order valence-electron chi connectivity index (χ0n) is 11.8. The molecule has 3 rings (SSSR count). The van der Waals surface area contributed by atoms with E-state index in [2.05, 4.69) is 5.32 Å². The first-order valence-electron chi connectivity index (χ1n) is 7.08. The summed E-state index contributed by atoms with van der Waals surface area (Å²) in [7, 11) is 0. The van der Waals surface area contributed by atoms with Crippen LogP contribution in [0.2, 0.25) is 5.02 Å². The number of rotatable bonds is 3. The van der Waals surface area contributed by atoms with Gasteiger partial charge in [0.1, 0.15) is 5.92 Å². The summed E-state index contributed by atoms with van der Waals surface area (Å²) in [6, 6.07) is 16.3. The third kappa shape index (κ3) is 2.97. The van der Waals surface area contributed by atoms with Crippen molar-refractivity contribution in [3.05, 3.63) is 59.6 Å². The number of amides is 2. The molecule has 0 aliphatic carbocycles. The van der Waals surface area contributed by atoms with E-state index in [-0.39, 0.29) is 11.8 Å². The number of hydrogen-bond acceptors (Lipinski definition) is 2. The van der Waals surface area contributed by atoms with Gasteiger partial charge in [-0.25, -0.2) is 0 Å². The molecule has 5 heteroatoms. The predicted octanol–water partition coefficient (Wildman–Crippen LogP) is 3.33. The molecule has 4 nitrogen and oxygen atoms in total. The number of nitrogens with one attached hydrogen (secondary N) is 1. The van der Waals surface area contributed by atoms with Gasteiger partial charge in [-0.1, -0.05) is 35.9 Å². The van der Waals surface area contributed by atoms with Crippen molar-refractivity contribution in [2.45, 2.75) is 6.42 Å². The Morgan fingerprint density at radius 1 is 1.14 bits per heavy atom. The van der Waals surface area contributed by atoms with E-state index in [1.807, 2.05) is 30.3 Å². The van der Waals surface area contributed by atoms with Gasteiger partial charge in [-0.3, -0.25) is 9.59 Å². The van der Waals surface area contributed by atoms with E-state index in [0.29, 0.717) is 23.7 Å². The lowest BCUT2D eigenvalue weighted by Gasteiger charge is -2.16. The highest BCUT2D eigenvalue weighted by Gasteiger charge is 2.37. The van der Waals surface area contributed by atoms with Crippen molar-refractivity contribution < 1.29 is 9.59 Å². The van der Waals surface area contributed by atoms with Crippen LogP contribution in [0.3, 0.4) is 0 Å². The molecule has 1 atom stereocenters. The minimum absolute atomic E-state index is 0.161. The zero-order valence-corrected chi connectivity index (χ0v) is 12.6. The minimum atomic E-state index is -0.654. The number of carbonyl (C=O) groups is 2. The average molecular weight is 315 g/mol. The van der Waals surface area contributed by atoms with Gasteiger partial charge in [-0.05, 0) is 36.8 Å². The van der Waals surface area contributed by atoms with E-state index >= 15 is 0 Å². The van der Waals surface area contributed by atoms with Gasteiger partial charge in [0.15, 0.2) is 0 Å². The molecule has 0 bridgehead atoms. The molecule has 2 aromatic rings. The number of halogens is 1. The second-order valence-electron chi connectivity index (χ2n) is 5.17. The van der Waals surface area contributed by atoms with Crippen molar-refractivity contribution in [1.29, 1.82) is 0 Å². The third-order valence-corrected chi connectivity index (χ3v) is 3.92. The van der Waals surface area contributed by atoms with E-state index in [4.69, 9.17) is 11.6 Å². The lowest BCUT2D eigenvalue weighted by atomic mass is 10.1. The maximum Gasteiger partial charge on any atom is 0.239 e. The van der Waals surface area contributed by atoms with Crippen LogP contribution >= 0.6 is 11.6 Å². The number of para-hydroxylation sites is 1. The Hall–Kier alpha value is -2.33. The number of anilines is 2. The fraction of sp³-hybridized carbons (Fsp3) is 0.176. The van der Waals surface area contributed by atoms with Gasteiger partial charge in [0.05, 0.1) is 0 Å². The van der Waals surface area contributed by atoms with E-state index in [1.54, 1.807) is 29.2 Å². The van der Waals surface area contributed by atoms with E-state index < -0.39 is 5.92 Å². The molecule has 2 aromatic carbocycles. The van der Waals surface area contributed by atoms with Gasteiger partial charge in [0.25, 0.3) is 0 Å². The smallest absolute Gasteiger partial charge is 0.239 e. The Labute approximate surface area is 133 Å². The summed E-state index contributed by atoms with van der Waals surface area (Å²) in [5.41, 5.74) is 1.43. The molecule has 2 amide bonds. The highest BCUT2D eigenvalue weighted by molar-refractivity contribution is 6.31. The standard InChI is InChI=1S/C17H15ClN2O2/c18-12-5-4-6-13(11-12)19-16(21)15-9-10-20(17(15)22)14-7-2-1-3-8-14/h1-8,11,15H,9-10H2,(H,19,21)/t15-/m1/s1. The van der Waals surface area contributed by atoms with Crippen LogP contribution in [0.15, 0.2) is 54.6 Å². The topological polar surface area (TPSA) is 49.4 Å². The van der Waals surface area contributed by atoms with E-state index in [0.717, 1.165) is 5.69 Å². The largest absolute Gasteiger partial charge is 0.325 e. The van der Waals surface area contributed by atoms with Gasteiger partial charge in [0.2, 0.25) is 11.8 Å². The number of benzene rings is 2. The third-order valence-electron chi connectivity index (χ3n) is 3.68. The highest BCUT2D eigenvalue weighted by atomic mass is 35.5. The Balaban J connectivity index is 1.71. The monoisotopic (exact) mass is 314 g/mol. The highest BCUT2D eigenvalue weighted by Crippen LogP contribution is 2.26. The number of hydrogen-bond donors (Lipinski definition) is 1. The summed E-state index contributed by atoms with van der Waals surface area (Å²) in [6.45, 7) is 0.552. The molecule has 0 spiro atoms.